The highest BCUT2D eigenvalue weighted by Crippen LogP contribution is 2.26. The topological polar surface area (TPSA) is 59.8 Å². The SMILES string of the molecule is C[C@@H](Sc1nncn1C)C(=O)Nc1ccc2c(c1)CCC2. The Bertz CT molecular complexity index is 667. The summed E-state index contributed by atoms with van der Waals surface area (Å²) < 4.78 is 1.81. The van der Waals surface area contributed by atoms with E-state index < -0.39 is 0 Å². The fraction of sp³-hybridized carbons (Fsp3) is 0.400. The van der Waals surface area contributed by atoms with Gasteiger partial charge in [0.05, 0.1) is 5.25 Å². The standard InChI is InChI=1S/C15H18N4OS/c1-10(21-15-18-16-9-19(15)2)14(20)17-13-7-6-11-4-3-5-12(11)8-13/h6-10H,3-5H2,1-2H3,(H,17,20)/t10-/m1/s1. The molecule has 5 nitrogen and oxygen atoms in total. The number of rotatable bonds is 4. The number of amides is 1. The Morgan fingerprint density at radius 2 is 2.19 bits per heavy atom. The molecule has 0 bridgehead atoms. The molecule has 1 heterocycles. The van der Waals surface area contributed by atoms with Crippen LogP contribution in [0.25, 0.3) is 0 Å². The lowest BCUT2D eigenvalue weighted by Crippen LogP contribution is -2.22. The number of anilines is 1. The Hall–Kier alpha value is -1.82. The maximum atomic E-state index is 12.3. The molecule has 1 aromatic heterocycles. The van der Waals surface area contributed by atoms with Crippen LogP contribution in [0.3, 0.4) is 0 Å². The average Bonchev–Trinajstić information content (AvgIpc) is 3.07. The van der Waals surface area contributed by atoms with Gasteiger partial charge >= 0.3 is 0 Å². The van der Waals surface area contributed by atoms with Crippen LogP contribution in [0.5, 0.6) is 0 Å². The van der Waals surface area contributed by atoms with Gasteiger partial charge in [-0.25, -0.2) is 0 Å². The number of aryl methyl sites for hydroxylation is 3. The summed E-state index contributed by atoms with van der Waals surface area (Å²) in [6, 6.07) is 6.21. The fourth-order valence-electron chi connectivity index (χ4n) is 2.48. The zero-order chi connectivity index (χ0) is 14.8. The van der Waals surface area contributed by atoms with Gasteiger partial charge in [-0.3, -0.25) is 4.79 Å². The fourth-order valence-corrected chi connectivity index (χ4v) is 3.27. The molecule has 1 aliphatic carbocycles. The van der Waals surface area contributed by atoms with Crippen LogP contribution in [0.15, 0.2) is 29.7 Å². The average molecular weight is 302 g/mol. The lowest BCUT2D eigenvalue weighted by Gasteiger charge is -2.12. The van der Waals surface area contributed by atoms with Gasteiger partial charge in [-0.15, -0.1) is 10.2 Å². The van der Waals surface area contributed by atoms with E-state index in [4.69, 9.17) is 0 Å². The maximum Gasteiger partial charge on any atom is 0.237 e. The van der Waals surface area contributed by atoms with Gasteiger partial charge in [-0.05, 0) is 49.4 Å². The van der Waals surface area contributed by atoms with Crippen molar-refractivity contribution in [1.29, 1.82) is 0 Å². The minimum absolute atomic E-state index is 0.0130. The monoisotopic (exact) mass is 302 g/mol. The quantitative estimate of drug-likeness (QED) is 0.881. The van der Waals surface area contributed by atoms with E-state index in [0.717, 1.165) is 23.7 Å². The molecule has 0 radical (unpaired) electrons. The van der Waals surface area contributed by atoms with E-state index in [9.17, 15) is 4.79 Å². The first-order chi connectivity index (χ1) is 10.1. The second kappa shape index (κ2) is 5.89. The molecule has 0 unspecified atom stereocenters. The van der Waals surface area contributed by atoms with Crippen molar-refractivity contribution in [2.24, 2.45) is 7.05 Å². The van der Waals surface area contributed by atoms with E-state index in [1.54, 1.807) is 6.33 Å². The zero-order valence-corrected chi connectivity index (χ0v) is 13.0. The van der Waals surface area contributed by atoms with E-state index in [1.165, 1.54) is 29.3 Å². The minimum atomic E-state index is -0.221. The molecule has 21 heavy (non-hydrogen) atoms. The third-order valence-electron chi connectivity index (χ3n) is 3.69. The molecule has 0 saturated heterocycles. The molecule has 2 aromatic rings. The molecule has 6 heteroatoms. The van der Waals surface area contributed by atoms with E-state index in [-0.39, 0.29) is 11.2 Å². The van der Waals surface area contributed by atoms with Gasteiger partial charge in [0.2, 0.25) is 5.91 Å². The highest BCUT2D eigenvalue weighted by atomic mass is 32.2. The van der Waals surface area contributed by atoms with Crippen molar-refractivity contribution in [3.05, 3.63) is 35.7 Å². The predicted octanol–water partition coefficient (Wildman–Crippen LogP) is 2.42. The van der Waals surface area contributed by atoms with Crippen LogP contribution in [0, 0.1) is 0 Å². The second-order valence-corrected chi connectivity index (χ2v) is 6.62. The van der Waals surface area contributed by atoms with Gasteiger partial charge in [0.15, 0.2) is 5.16 Å². The summed E-state index contributed by atoms with van der Waals surface area (Å²) in [5.74, 6) is -0.0130. The van der Waals surface area contributed by atoms with Crippen molar-refractivity contribution < 1.29 is 4.79 Å². The predicted molar refractivity (Wildman–Crippen MR) is 83.4 cm³/mol. The third-order valence-corrected chi connectivity index (χ3v) is 4.84. The Morgan fingerprint density at radius 1 is 1.38 bits per heavy atom. The molecule has 0 saturated carbocycles. The highest BCUT2D eigenvalue weighted by Gasteiger charge is 2.18. The van der Waals surface area contributed by atoms with Crippen molar-refractivity contribution in [2.75, 3.05) is 5.32 Å². The summed E-state index contributed by atoms with van der Waals surface area (Å²) >= 11 is 1.41. The van der Waals surface area contributed by atoms with Crippen LogP contribution in [0.2, 0.25) is 0 Å². The highest BCUT2D eigenvalue weighted by molar-refractivity contribution is 8.00. The number of carbonyl (C=O) groups excluding carboxylic acids is 1. The molecular weight excluding hydrogens is 284 g/mol. The van der Waals surface area contributed by atoms with Crippen molar-refractivity contribution in [1.82, 2.24) is 14.8 Å². The van der Waals surface area contributed by atoms with E-state index in [2.05, 4.69) is 27.6 Å². The van der Waals surface area contributed by atoms with Crippen molar-refractivity contribution in [3.8, 4) is 0 Å². The third kappa shape index (κ3) is 3.10. The largest absolute Gasteiger partial charge is 0.325 e. The Balaban J connectivity index is 1.64. The molecule has 1 aromatic carbocycles. The summed E-state index contributed by atoms with van der Waals surface area (Å²) in [4.78, 5) is 12.3. The summed E-state index contributed by atoms with van der Waals surface area (Å²) in [7, 11) is 1.87. The molecule has 0 aliphatic heterocycles. The molecule has 1 atom stereocenters. The summed E-state index contributed by atoms with van der Waals surface area (Å²) in [6.07, 6.45) is 5.11. The molecule has 110 valence electrons. The number of fused-ring (bicyclic) bond motifs is 1. The van der Waals surface area contributed by atoms with Gasteiger partial charge < -0.3 is 9.88 Å². The molecule has 0 spiro atoms. The molecule has 1 aliphatic rings. The number of carbonyl (C=O) groups is 1. The maximum absolute atomic E-state index is 12.3. The summed E-state index contributed by atoms with van der Waals surface area (Å²) in [5.41, 5.74) is 3.65. The summed E-state index contributed by atoms with van der Waals surface area (Å²) in [6.45, 7) is 1.88. The number of benzene rings is 1. The molecule has 1 N–H and O–H groups in total. The summed E-state index contributed by atoms with van der Waals surface area (Å²) in [5, 5.41) is 11.3. The molecule has 3 rings (SSSR count). The van der Waals surface area contributed by atoms with Gasteiger partial charge in [0, 0.05) is 12.7 Å². The zero-order valence-electron chi connectivity index (χ0n) is 12.2. The second-order valence-electron chi connectivity index (χ2n) is 5.31. The molecular formula is C15H18N4OS. The van der Waals surface area contributed by atoms with Crippen molar-refractivity contribution in [2.45, 2.75) is 36.6 Å². The number of hydrogen-bond acceptors (Lipinski definition) is 4. The van der Waals surface area contributed by atoms with E-state index in [0.29, 0.717) is 0 Å². The number of hydrogen-bond donors (Lipinski definition) is 1. The number of aromatic nitrogens is 3. The molecule has 1 amide bonds. The normalized spacial score (nSPS) is 14.8. The number of thioether (sulfide) groups is 1. The first-order valence-corrected chi connectivity index (χ1v) is 7.95. The van der Waals surface area contributed by atoms with Crippen LogP contribution >= 0.6 is 11.8 Å². The Labute approximate surface area is 128 Å². The van der Waals surface area contributed by atoms with Gasteiger partial charge in [-0.1, -0.05) is 17.8 Å². The number of nitrogens with one attached hydrogen (secondary N) is 1. The van der Waals surface area contributed by atoms with Gasteiger partial charge in [0.1, 0.15) is 6.33 Å². The lowest BCUT2D eigenvalue weighted by atomic mass is 10.1. The van der Waals surface area contributed by atoms with E-state index in [1.807, 2.05) is 24.6 Å². The van der Waals surface area contributed by atoms with Gasteiger partial charge in [0.25, 0.3) is 0 Å². The van der Waals surface area contributed by atoms with Crippen LogP contribution in [-0.2, 0) is 24.7 Å². The Kier molecular flexibility index (Phi) is 3.96. The van der Waals surface area contributed by atoms with Crippen LogP contribution in [0.1, 0.15) is 24.5 Å². The van der Waals surface area contributed by atoms with Crippen LogP contribution in [-0.4, -0.2) is 25.9 Å². The number of nitrogens with zero attached hydrogens (tertiary/aromatic N) is 3. The first kappa shape index (κ1) is 14.1. The smallest absolute Gasteiger partial charge is 0.237 e. The first-order valence-electron chi connectivity index (χ1n) is 7.07. The molecule has 0 fully saturated rings. The Morgan fingerprint density at radius 3 is 2.95 bits per heavy atom. The van der Waals surface area contributed by atoms with Crippen LogP contribution < -0.4 is 5.32 Å². The van der Waals surface area contributed by atoms with Gasteiger partial charge in [-0.2, -0.15) is 0 Å². The lowest BCUT2D eigenvalue weighted by molar-refractivity contribution is -0.115. The van der Waals surface area contributed by atoms with Crippen LogP contribution in [0.4, 0.5) is 5.69 Å². The minimum Gasteiger partial charge on any atom is -0.325 e. The van der Waals surface area contributed by atoms with Crippen molar-refractivity contribution in [3.63, 3.8) is 0 Å². The van der Waals surface area contributed by atoms with E-state index >= 15 is 0 Å². The van der Waals surface area contributed by atoms with Crippen molar-refractivity contribution >= 4 is 23.4 Å².